The van der Waals surface area contributed by atoms with Gasteiger partial charge in [-0.3, -0.25) is 14.9 Å². The van der Waals surface area contributed by atoms with Crippen LogP contribution in [0.4, 0.5) is 16.2 Å². The van der Waals surface area contributed by atoms with Crippen LogP contribution in [0.5, 0.6) is 0 Å². The average molecular weight is 469 g/mol. The topological polar surface area (TPSA) is 114 Å². The second-order valence-electron chi connectivity index (χ2n) is 7.52. The lowest BCUT2D eigenvalue weighted by molar-refractivity contribution is -0.384. The van der Waals surface area contributed by atoms with Gasteiger partial charge >= 0.3 is 6.03 Å². The van der Waals surface area contributed by atoms with E-state index < -0.39 is 4.92 Å². The number of urea groups is 1. The Hall–Kier alpha value is -3.92. The molecule has 1 N–H and O–H groups in total. The summed E-state index contributed by atoms with van der Waals surface area (Å²) < 4.78 is 1.50. The zero-order valence-corrected chi connectivity index (χ0v) is 18.3. The van der Waals surface area contributed by atoms with Crippen LogP contribution in [0.25, 0.3) is 5.69 Å². The lowest BCUT2D eigenvalue weighted by atomic mass is 10.2. The minimum atomic E-state index is -0.472. The van der Waals surface area contributed by atoms with Crippen LogP contribution < -0.4 is 5.32 Å². The number of carbonyl (C=O) groups is 2. The molecule has 0 saturated carbocycles. The lowest BCUT2D eigenvalue weighted by Gasteiger charge is -2.22. The molecule has 33 heavy (non-hydrogen) atoms. The maximum Gasteiger partial charge on any atom is 0.321 e. The first-order valence-corrected chi connectivity index (χ1v) is 10.7. The molecular formula is C22H21ClN6O4. The highest BCUT2D eigenvalue weighted by Crippen LogP contribution is 2.17. The number of carbonyl (C=O) groups excluding carboxylic acids is 2. The second-order valence-corrected chi connectivity index (χ2v) is 7.95. The second kappa shape index (κ2) is 9.70. The number of nitrogens with one attached hydrogen (secondary N) is 1. The summed E-state index contributed by atoms with van der Waals surface area (Å²) in [6.45, 7) is 1.86. The van der Waals surface area contributed by atoms with Crippen LogP contribution in [0.15, 0.2) is 60.9 Å². The Morgan fingerprint density at radius 3 is 2.33 bits per heavy atom. The normalized spacial score (nSPS) is 14.0. The number of rotatable bonds is 4. The molecule has 1 aliphatic heterocycles. The molecule has 0 radical (unpaired) electrons. The number of anilines is 1. The number of nitro benzene ring substituents is 1. The molecule has 0 bridgehead atoms. The molecule has 0 spiro atoms. The summed E-state index contributed by atoms with van der Waals surface area (Å²) in [5, 5.41) is 18.5. The summed E-state index contributed by atoms with van der Waals surface area (Å²) in [5.41, 5.74) is 1.66. The van der Waals surface area contributed by atoms with Gasteiger partial charge in [-0.15, -0.1) is 0 Å². The Bertz CT molecular complexity index is 1160. The molecule has 2 aromatic carbocycles. The first kappa shape index (κ1) is 22.3. The monoisotopic (exact) mass is 468 g/mol. The SMILES string of the molecule is O=C(Nc1ccc(Cl)cc1)N1CCCN(C(=O)c2cnn(-c3ccc([N+](=O)[O-])cc3)c2)CC1. The first-order valence-electron chi connectivity index (χ1n) is 10.3. The van der Waals surface area contributed by atoms with Gasteiger partial charge in [-0.1, -0.05) is 11.6 Å². The standard InChI is InChI=1S/C22H21ClN6O4/c23-17-2-4-18(5-3-17)25-22(31)27-11-1-10-26(12-13-27)21(30)16-14-24-28(15-16)19-6-8-20(9-7-19)29(32)33/h2-9,14-15H,1,10-13H2,(H,25,31). The maximum atomic E-state index is 13.0. The van der Waals surface area contributed by atoms with Crippen LogP contribution in [0.3, 0.4) is 0 Å². The van der Waals surface area contributed by atoms with Gasteiger partial charge in [-0.2, -0.15) is 5.10 Å². The third kappa shape index (κ3) is 5.29. The third-order valence-corrected chi connectivity index (χ3v) is 5.57. The van der Waals surface area contributed by atoms with Crippen molar-refractivity contribution in [2.45, 2.75) is 6.42 Å². The van der Waals surface area contributed by atoms with E-state index in [0.29, 0.717) is 54.6 Å². The van der Waals surface area contributed by atoms with Gasteiger partial charge in [-0.05, 0) is 42.8 Å². The fraction of sp³-hybridized carbons (Fsp3) is 0.227. The number of halogens is 1. The van der Waals surface area contributed by atoms with Gasteiger partial charge in [0.2, 0.25) is 0 Å². The smallest absolute Gasteiger partial charge is 0.321 e. The molecule has 1 aromatic heterocycles. The first-order chi connectivity index (χ1) is 15.9. The molecule has 2 heterocycles. The largest absolute Gasteiger partial charge is 0.337 e. The minimum absolute atomic E-state index is 0.0172. The quantitative estimate of drug-likeness (QED) is 0.462. The Morgan fingerprint density at radius 1 is 0.970 bits per heavy atom. The molecule has 11 heteroatoms. The minimum Gasteiger partial charge on any atom is -0.337 e. The molecule has 1 aliphatic rings. The van der Waals surface area contributed by atoms with Gasteiger partial charge < -0.3 is 15.1 Å². The Kier molecular flexibility index (Phi) is 6.55. The molecule has 1 fully saturated rings. The Balaban J connectivity index is 1.37. The molecule has 170 valence electrons. The maximum absolute atomic E-state index is 13.0. The van der Waals surface area contributed by atoms with Crippen molar-refractivity contribution in [3.63, 3.8) is 0 Å². The molecule has 0 unspecified atom stereocenters. The van der Waals surface area contributed by atoms with Gasteiger partial charge in [-0.25, -0.2) is 9.48 Å². The van der Waals surface area contributed by atoms with Crippen LogP contribution >= 0.6 is 11.6 Å². The molecule has 0 aliphatic carbocycles. The average Bonchev–Trinajstić information content (AvgIpc) is 3.18. The summed E-state index contributed by atoms with van der Waals surface area (Å²) in [5.74, 6) is -0.178. The van der Waals surface area contributed by atoms with Gasteiger partial charge in [0.05, 0.1) is 22.4 Å². The van der Waals surface area contributed by atoms with Crippen molar-refractivity contribution in [1.82, 2.24) is 19.6 Å². The molecule has 0 atom stereocenters. The van der Waals surface area contributed by atoms with Crippen LogP contribution in [-0.4, -0.2) is 62.6 Å². The zero-order chi connectivity index (χ0) is 23.4. The molecule has 3 aromatic rings. The highest BCUT2D eigenvalue weighted by molar-refractivity contribution is 6.30. The van der Waals surface area contributed by atoms with E-state index in [1.807, 2.05) is 0 Å². The van der Waals surface area contributed by atoms with E-state index in [1.54, 1.807) is 52.4 Å². The Labute approximate surface area is 194 Å². The van der Waals surface area contributed by atoms with Crippen LogP contribution in [0.2, 0.25) is 5.02 Å². The number of nitro groups is 1. The third-order valence-electron chi connectivity index (χ3n) is 5.32. The summed E-state index contributed by atoms with van der Waals surface area (Å²) in [4.78, 5) is 39.3. The fourth-order valence-electron chi connectivity index (χ4n) is 3.54. The van der Waals surface area contributed by atoms with E-state index in [2.05, 4.69) is 10.4 Å². The number of non-ortho nitro benzene ring substituents is 1. The molecule has 3 amide bonds. The van der Waals surface area contributed by atoms with Crippen molar-refractivity contribution in [3.8, 4) is 5.69 Å². The highest BCUT2D eigenvalue weighted by atomic mass is 35.5. The number of aromatic nitrogens is 2. The molecule has 1 saturated heterocycles. The molecular weight excluding hydrogens is 448 g/mol. The fourth-order valence-corrected chi connectivity index (χ4v) is 3.67. The van der Waals surface area contributed by atoms with E-state index >= 15 is 0 Å². The van der Waals surface area contributed by atoms with E-state index in [1.165, 1.54) is 23.0 Å². The van der Waals surface area contributed by atoms with Crippen LogP contribution in [0.1, 0.15) is 16.8 Å². The van der Waals surface area contributed by atoms with Gasteiger partial charge in [0.25, 0.3) is 11.6 Å². The summed E-state index contributed by atoms with van der Waals surface area (Å²) >= 11 is 5.88. The summed E-state index contributed by atoms with van der Waals surface area (Å²) in [6.07, 6.45) is 3.72. The van der Waals surface area contributed by atoms with Crippen molar-refractivity contribution >= 4 is 34.9 Å². The van der Waals surface area contributed by atoms with Gasteiger partial charge in [0, 0.05) is 55.2 Å². The van der Waals surface area contributed by atoms with E-state index in [-0.39, 0.29) is 17.6 Å². The number of hydrogen-bond donors (Lipinski definition) is 1. The number of nitrogens with zero attached hydrogens (tertiary/aromatic N) is 5. The van der Waals surface area contributed by atoms with Crippen molar-refractivity contribution in [3.05, 3.63) is 81.6 Å². The zero-order valence-electron chi connectivity index (χ0n) is 17.6. The number of hydrogen-bond acceptors (Lipinski definition) is 5. The Morgan fingerprint density at radius 2 is 1.64 bits per heavy atom. The highest BCUT2D eigenvalue weighted by Gasteiger charge is 2.24. The predicted octanol–water partition coefficient (Wildman–Crippen LogP) is 3.81. The number of amides is 3. The summed E-state index contributed by atoms with van der Waals surface area (Å²) in [7, 11) is 0. The van der Waals surface area contributed by atoms with Crippen molar-refractivity contribution < 1.29 is 14.5 Å². The van der Waals surface area contributed by atoms with E-state index in [9.17, 15) is 19.7 Å². The lowest BCUT2D eigenvalue weighted by Crippen LogP contribution is -2.39. The van der Waals surface area contributed by atoms with Crippen molar-refractivity contribution in [2.24, 2.45) is 0 Å². The van der Waals surface area contributed by atoms with Crippen LogP contribution in [-0.2, 0) is 0 Å². The molecule has 4 rings (SSSR count). The van der Waals surface area contributed by atoms with Gasteiger partial charge in [0.15, 0.2) is 0 Å². The van der Waals surface area contributed by atoms with Crippen molar-refractivity contribution in [1.29, 1.82) is 0 Å². The summed E-state index contributed by atoms with van der Waals surface area (Å²) in [6, 6.07) is 12.6. The van der Waals surface area contributed by atoms with E-state index in [0.717, 1.165) is 0 Å². The van der Waals surface area contributed by atoms with Crippen molar-refractivity contribution in [2.75, 3.05) is 31.5 Å². The predicted molar refractivity (Wildman–Crippen MR) is 123 cm³/mol. The van der Waals surface area contributed by atoms with Gasteiger partial charge in [0.1, 0.15) is 0 Å². The van der Waals surface area contributed by atoms with E-state index in [4.69, 9.17) is 11.6 Å². The molecule has 10 nitrogen and oxygen atoms in total. The van der Waals surface area contributed by atoms with Crippen LogP contribution in [0, 0.1) is 10.1 Å². The number of benzene rings is 2.